The molecule has 1 aliphatic heterocycles. The molecule has 2 N–H and O–H groups in total. The van der Waals surface area contributed by atoms with Crippen molar-refractivity contribution in [1.82, 2.24) is 20.4 Å². The summed E-state index contributed by atoms with van der Waals surface area (Å²) in [6.07, 6.45) is 2.38. The van der Waals surface area contributed by atoms with Gasteiger partial charge in [-0.05, 0) is 52.3 Å². The number of nitrogens with one attached hydrogen (secondary N) is 2. The third-order valence-electron chi connectivity index (χ3n) is 4.77. The van der Waals surface area contributed by atoms with Crippen LogP contribution in [0.25, 0.3) is 5.69 Å². The first-order valence-corrected chi connectivity index (χ1v) is 8.68. The van der Waals surface area contributed by atoms with Gasteiger partial charge in [0.2, 0.25) is 5.91 Å². The van der Waals surface area contributed by atoms with Crippen LogP contribution in [0, 0.1) is 13.8 Å². The highest BCUT2D eigenvalue weighted by Crippen LogP contribution is 2.18. The number of para-hydroxylation sites is 1. The molecule has 5 heteroatoms. The summed E-state index contributed by atoms with van der Waals surface area (Å²) in [4.78, 5) is 12.5. The number of amides is 1. The van der Waals surface area contributed by atoms with E-state index in [9.17, 15) is 4.79 Å². The number of nitrogens with zero attached hydrogens (tertiary/aromatic N) is 2. The van der Waals surface area contributed by atoms with E-state index in [1.165, 1.54) is 0 Å². The lowest BCUT2D eigenvalue weighted by molar-refractivity contribution is -0.121. The van der Waals surface area contributed by atoms with E-state index in [0.717, 1.165) is 42.0 Å². The van der Waals surface area contributed by atoms with Crippen LogP contribution in [0.1, 0.15) is 36.7 Å². The standard InChI is InChI=1S/C19H26N4O/c1-13-11-16(9-10-20-13)21-19(24)12-18-14(2)22-23(15(18)3)17-7-5-4-6-8-17/h4-8,13,16,20H,9-12H2,1-3H3,(H,21,24). The molecule has 1 amide bonds. The topological polar surface area (TPSA) is 59.0 Å². The highest BCUT2D eigenvalue weighted by Gasteiger charge is 2.21. The van der Waals surface area contributed by atoms with Gasteiger partial charge in [0.1, 0.15) is 0 Å². The van der Waals surface area contributed by atoms with Crippen LogP contribution in [0.2, 0.25) is 0 Å². The van der Waals surface area contributed by atoms with Crippen molar-refractivity contribution in [2.75, 3.05) is 6.54 Å². The first kappa shape index (κ1) is 16.7. The Kier molecular flexibility index (Phi) is 5.00. The van der Waals surface area contributed by atoms with Crippen LogP contribution < -0.4 is 10.6 Å². The molecule has 1 aliphatic rings. The minimum absolute atomic E-state index is 0.0907. The van der Waals surface area contributed by atoms with Gasteiger partial charge in [-0.15, -0.1) is 0 Å². The second-order valence-corrected chi connectivity index (χ2v) is 6.72. The van der Waals surface area contributed by atoms with E-state index in [4.69, 9.17) is 0 Å². The molecule has 2 aromatic rings. The summed E-state index contributed by atoms with van der Waals surface area (Å²) in [5, 5.41) is 11.2. The molecule has 2 atom stereocenters. The summed E-state index contributed by atoms with van der Waals surface area (Å²) in [6, 6.07) is 10.8. The van der Waals surface area contributed by atoms with Gasteiger partial charge in [0.25, 0.3) is 0 Å². The Labute approximate surface area is 143 Å². The van der Waals surface area contributed by atoms with Crippen molar-refractivity contribution in [3.8, 4) is 5.69 Å². The third kappa shape index (κ3) is 3.67. The molecule has 0 spiro atoms. The average Bonchev–Trinajstić information content (AvgIpc) is 2.84. The molecule has 5 nitrogen and oxygen atoms in total. The van der Waals surface area contributed by atoms with Crippen LogP contribution in [0.5, 0.6) is 0 Å². The number of rotatable bonds is 4. The first-order chi connectivity index (χ1) is 11.5. The molecule has 3 rings (SSSR count). The van der Waals surface area contributed by atoms with Crippen LogP contribution in [0.15, 0.2) is 30.3 Å². The van der Waals surface area contributed by atoms with Crippen molar-refractivity contribution < 1.29 is 4.79 Å². The number of aromatic nitrogens is 2. The fourth-order valence-electron chi connectivity index (χ4n) is 3.45. The fraction of sp³-hybridized carbons (Fsp3) is 0.474. The van der Waals surface area contributed by atoms with Gasteiger partial charge >= 0.3 is 0 Å². The van der Waals surface area contributed by atoms with Crippen molar-refractivity contribution >= 4 is 5.91 Å². The lowest BCUT2D eigenvalue weighted by Gasteiger charge is -2.28. The van der Waals surface area contributed by atoms with Gasteiger partial charge in [-0.1, -0.05) is 18.2 Å². The summed E-state index contributed by atoms with van der Waals surface area (Å²) < 4.78 is 1.92. The number of benzene rings is 1. The van der Waals surface area contributed by atoms with Gasteiger partial charge in [0, 0.05) is 23.3 Å². The maximum absolute atomic E-state index is 12.5. The number of hydrogen-bond donors (Lipinski definition) is 2. The Balaban J connectivity index is 1.71. The van der Waals surface area contributed by atoms with E-state index in [0.29, 0.717) is 12.5 Å². The number of aryl methyl sites for hydroxylation is 1. The molecular formula is C19H26N4O. The zero-order valence-electron chi connectivity index (χ0n) is 14.7. The summed E-state index contributed by atoms with van der Waals surface area (Å²) in [6.45, 7) is 7.14. The minimum atomic E-state index is 0.0907. The Morgan fingerprint density at radius 3 is 2.79 bits per heavy atom. The second-order valence-electron chi connectivity index (χ2n) is 6.72. The predicted molar refractivity (Wildman–Crippen MR) is 95.4 cm³/mol. The van der Waals surface area contributed by atoms with Gasteiger partial charge < -0.3 is 10.6 Å². The monoisotopic (exact) mass is 326 g/mol. The molecule has 128 valence electrons. The maximum Gasteiger partial charge on any atom is 0.224 e. The van der Waals surface area contributed by atoms with E-state index in [1.807, 2.05) is 48.9 Å². The lowest BCUT2D eigenvalue weighted by Crippen LogP contribution is -2.47. The van der Waals surface area contributed by atoms with Crippen molar-refractivity contribution in [3.63, 3.8) is 0 Å². The zero-order chi connectivity index (χ0) is 17.1. The Bertz CT molecular complexity index is 708. The SMILES string of the molecule is Cc1nn(-c2ccccc2)c(C)c1CC(=O)NC1CCNC(C)C1. The van der Waals surface area contributed by atoms with Crippen LogP contribution in [0.3, 0.4) is 0 Å². The molecule has 2 unspecified atom stereocenters. The summed E-state index contributed by atoms with van der Waals surface area (Å²) in [5.74, 6) is 0.0907. The van der Waals surface area contributed by atoms with E-state index in [-0.39, 0.29) is 11.9 Å². The van der Waals surface area contributed by atoms with Gasteiger partial charge in [0.05, 0.1) is 17.8 Å². The van der Waals surface area contributed by atoms with E-state index >= 15 is 0 Å². The molecule has 1 aromatic heterocycles. The Morgan fingerprint density at radius 1 is 1.33 bits per heavy atom. The number of piperidine rings is 1. The van der Waals surface area contributed by atoms with Crippen molar-refractivity contribution in [3.05, 3.63) is 47.3 Å². The number of carbonyl (C=O) groups excluding carboxylic acids is 1. The average molecular weight is 326 g/mol. The zero-order valence-corrected chi connectivity index (χ0v) is 14.7. The lowest BCUT2D eigenvalue weighted by atomic mass is 10.00. The Hall–Kier alpha value is -2.14. The Morgan fingerprint density at radius 2 is 2.08 bits per heavy atom. The summed E-state index contributed by atoms with van der Waals surface area (Å²) >= 11 is 0. The third-order valence-corrected chi connectivity index (χ3v) is 4.77. The molecule has 2 heterocycles. The van der Waals surface area contributed by atoms with Crippen molar-refractivity contribution in [2.45, 2.75) is 52.1 Å². The maximum atomic E-state index is 12.5. The van der Waals surface area contributed by atoms with Crippen LogP contribution in [-0.2, 0) is 11.2 Å². The van der Waals surface area contributed by atoms with Gasteiger partial charge in [-0.2, -0.15) is 5.10 Å². The molecule has 0 saturated carbocycles. The smallest absolute Gasteiger partial charge is 0.224 e. The molecular weight excluding hydrogens is 300 g/mol. The van der Waals surface area contributed by atoms with Gasteiger partial charge in [-0.3, -0.25) is 4.79 Å². The first-order valence-electron chi connectivity index (χ1n) is 8.68. The summed E-state index contributed by atoms with van der Waals surface area (Å²) in [5.41, 5.74) is 4.01. The molecule has 0 radical (unpaired) electrons. The number of hydrogen-bond acceptors (Lipinski definition) is 3. The molecule has 1 aromatic carbocycles. The van der Waals surface area contributed by atoms with E-state index in [1.54, 1.807) is 0 Å². The predicted octanol–water partition coefficient (Wildman–Crippen LogP) is 2.29. The second kappa shape index (κ2) is 7.18. The van der Waals surface area contributed by atoms with Crippen molar-refractivity contribution in [1.29, 1.82) is 0 Å². The molecule has 24 heavy (non-hydrogen) atoms. The normalized spacial score (nSPS) is 20.8. The van der Waals surface area contributed by atoms with Crippen molar-refractivity contribution in [2.24, 2.45) is 0 Å². The molecule has 1 fully saturated rings. The quantitative estimate of drug-likeness (QED) is 0.906. The van der Waals surface area contributed by atoms with Gasteiger partial charge in [0.15, 0.2) is 0 Å². The minimum Gasteiger partial charge on any atom is -0.353 e. The van der Waals surface area contributed by atoms with E-state index < -0.39 is 0 Å². The number of carbonyl (C=O) groups is 1. The van der Waals surface area contributed by atoms with Crippen LogP contribution in [-0.4, -0.2) is 34.3 Å². The molecule has 0 aliphatic carbocycles. The van der Waals surface area contributed by atoms with Crippen LogP contribution in [0.4, 0.5) is 0 Å². The molecule has 1 saturated heterocycles. The summed E-state index contributed by atoms with van der Waals surface area (Å²) in [7, 11) is 0. The van der Waals surface area contributed by atoms with E-state index in [2.05, 4.69) is 22.7 Å². The van der Waals surface area contributed by atoms with Gasteiger partial charge in [-0.25, -0.2) is 4.68 Å². The fourth-order valence-corrected chi connectivity index (χ4v) is 3.45. The molecule has 0 bridgehead atoms. The van der Waals surface area contributed by atoms with Crippen LogP contribution >= 0.6 is 0 Å². The highest BCUT2D eigenvalue weighted by molar-refractivity contribution is 5.79. The highest BCUT2D eigenvalue weighted by atomic mass is 16.1. The largest absolute Gasteiger partial charge is 0.353 e.